The first-order valence-corrected chi connectivity index (χ1v) is 11.6. The van der Waals surface area contributed by atoms with Crippen molar-refractivity contribution in [1.29, 1.82) is 0 Å². The number of nitrogens with zero attached hydrogens (tertiary/aromatic N) is 2. The summed E-state index contributed by atoms with van der Waals surface area (Å²) in [7, 11) is -3.56. The van der Waals surface area contributed by atoms with Gasteiger partial charge in [0.15, 0.2) is 9.84 Å². The molecule has 1 aromatic heterocycles. The summed E-state index contributed by atoms with van der Waals surface area (Å²) in [4.78, 5) is 23.0. The van der Waals surface area contributed by atoms with Crippen molar-refractivity contribution in [3.05, 3.63) is 20.8 Å². The maximum absolute atomic E-state index is 12.7. The number of oxime groups is 1. The number of aliphatic imine (C=N–C) groups is 1. The van der Waals surface area contributed by atoms with Gasteiger partial charge in [0.2, 0.25) is 0 Å². The molecule has 0 aliphatic carbocycles. The van der Waals surface area contributed by atoms with E-state index in [4.69, 9.17) is 22.2 Å². The molecule has 3 heterocycles. The Morgan fingerprint density at radius 3 is 2.71 bits per heavy atom. The third-order valence-electron chi connectivity index (χ3n) is 5.00. The fourth-order valence-corrected chi connectivity index (χ4v) is 6.39. The largest absolute Gasteiger partial charge is 0.390 e. The van der Waals surface area contributed by atoms with E-state index in [0.717, 1.165) is 17.0 Å². The van der Waals surface area contributed by atoms with Crippen LogP contribution in [-0.4, -0.2) is 49.0 Å². The van der Waals surface area contributed by atoms with Crippen LogP contribution in [0.4, 0.5) is 0 Å². The minimum absolute atomic E-state index is 0.0328. The number of nitrogens with one attached hydrogen (secondary N) is 1. The van der Waals surface area contributed by atoms with Crippen molar-refractivity contribution in [3.8, 4) is 0 Å². The molecule has 0 saturated heterocycles. The number of hydrogen-bond acceptors (Lipinski definition) is 8. The van der Waals surface area contributed by atoms with Crippen LogP contribution in [0.1, 0.15) is 48.7 Å². The summed E-state index contributed by atoms with van der Waals surface area (Å²) < 4.78 is 24.2. The number of halogens is 1. The molecule has 0 saturated carbocycles. The van der Waals surface area contributed by atoms with Crippen LogP contribution in [0.25, 0.3) is 0 Å². The smallest absolute Gasteiger partial charge is 0.261 e. The molecule has 0 bridgehead atoms. The van der Waals surface area contributed by atoms with Crippen LogP contribution in [0, 0.1) is 0 Å². The molecule has 0 radical (unpaired) electrons. The summed E-state index contributed by atoms with van der Waals surface area (Å²) in [6.45, 7) is 6.91. The van der Waals surface area contributed by atoms with Gasteiger partial charge in [0.05, 0.1) is 32.8 Å². The highest BCUT2D eigenvalue weighted by Gasteiger charge is 2.50. The Bertz CT molecular complexity index is 983. The lowest BCUT2D eigenvalue weighted by molar-refractivity contribution is 0.0755. The second-order valence-corrected chi connectivity index (χ2v) is 11.8. The minimum atomic E-state index is -3.56. The molecule has 8 nitrogen and oxygen atoms in total. The molecule has 11 heteroatoms. The molecule has 0 aromatic carbocycles. The number of rotatable bonds is 4. The number of amidine groups is 1. The number of carbonyl (C=O) groups is 1. The normalized spacial score (nSPS) is 28.2. The third-order valence-corrected chi connectivity index (χ3v) is 9.51. The summed E-state index contributed by atoms with van der Waals surface area (Å²) in [5, 5.41) is 6.94. The van der Waals surface area contributed by atoms with Crippen molar-refractivity contribution in [2.45, 2.75) is 50.5 Å². The van der Waals surface area contributed by atoms with Crippen molar-refractivity contribution in [3.63, 3.8) is 0 Å². The summed E-state index contributed by atoms with van der Waals surface area (Å²) in [5.41, 5.74) is 5.71. The standard InChI is InChI=1S/C17H23ClN4O4S2/c1-9-5-10(26-22-9)7-20-14(23)12-6-11(18)13(27-12)17(4)8-28(24,25)16(2,3)15(19)21-17/h6,10H,5,7-8H2,1-4H3,(H2,19,21)(H,20,23). The molecule has 3 N–H and O–H groups in total. The van der Waals surface area contributed by atoms with Gasteiger partial charge in [0, 0.05) is 6.42 Å². The molecule has 0 fully saturated rings. The second kappa shape index (κ2) is 7.00. The maximum Gasteiger partial charge on any atom is 0.261 e. The van der Waals surface area contributed by atoms with Crippen LogP contribution in [0.2, 0.25) is 5.02 Å². The quantitative estimate of drug-likeness (QED) is 0.732. The first-order valence-electron chi connectivity index (χ1n) is 8.71. The average Bonchev–Trinajstić information content (AvgIpc) is 3.16. The van der Waals surface area contributed by atoms with E-state index >= 15 is 0 Å². The summed E-state index contributed by atoms with van der Waals surface area (Å²) >= 11 is 7.47. The van der Waals surface area contributed by atoms with E-state index in [2.05, 4.69) is 15.5 Å². The fraction of sp³-hybridized carbons (Fsp3) is 0.588. The molecule has 28 heavy (non-hydrogen) atoms. The predicted molar refractivity (Wildman–Crippen MR) is 111 cm³/mol. The summed E-state index contributed by atoms with van der Waals surface area (Å²) in [6.07, 6.45) is 0.475. The van der Waals surface area contributed by atoms with Crippen molar-refractivity contribution in [2.24, 2.45) is 15.9 Å². The summed E-state index contributed by atoms with van der Waals surface area (Å²) in [5.74, 6) is -0.516. The first kappa shape index (κ1) is 21.1. The monoisotopic (exact) mass is 446 g/mol. The Hall–Kier alpha value is -1.65. The highest BCUT2D eigenvalue weighted by atomic mass is 35.5. The van der Waals surface area contributed by atoms with E-state index in [1.165, 1.54) is 19.9 Å². The average molecular weight is 447 g/mol. The van der Waals surface area contributed by atoms with Gasteiger partial charge in [-0.15, -0.1) is 11.3 Å². The number of sulfone groups is 1. The highest BCUT2D eigenvalue weighted by Crippen LogP contribution is 2.43. The fourth-order valence-electron chi connectivity index (χ4n) is 3.08. The highest BCUT2D eigenvalue weighted by molar-refractivity contribution is 7.93. The number of thiophene rings is 1. The Morgan fingerprint density at radius 2 is 2.14 bits per heavy atom. The topological polar surface area (TPSA) is 123 Å². The molecular weight excluding hydrogens is 424 g/mol. The summed E-state index contributed by atoms with van der Waals surface area (Å²) in [6, 6.07) is 1.53. The lowest BCUT2D eigenvalue weighted by Crippen LogP contribution is -2.54. The van der Waals surface area contributed by atoms with Gasteiger partial charge in [-0.25, -0.2) is 8.42 Å². The van der Waals surface area contributed by atoms with Gasteiger partial charge in [-0.1, -0.05) is 16.8 Å². The molecule has 2 aliphatic rings. The van der Waals surface area contributed by atoms with Gasteiger partial charge in [-0.3, -0.25) is 9.79 Å². The number of carbonyl (C=O) groups excluding carboxylic acids is 1. The van der Waals surface area contributed by atoms with E-state index in [1.54, 1.807) is 6.92 Å². The molecular formula is C17H23ClN4O4S2. The lowest BCUT2D eigenvalue weighted by atomic mass is 10.0. The van der Waals surface area contributed by atoms with Crippen LogP contribution in [0.15, 0.2) is 16.2 Å². The molecule has 2 unspecified atom stereocenters. The van der Waals surface area contributed by atoms with Gasteiger partial charge < -0.3 is 15.9 Å². The predicted octanol–water partition coefficient (Wildman–Crippen LogP) is 2.08. The van der Waals surface area contributed by atoms with E-state index < -0.39 is 20.1 Å². The zero-order valence-electron chi connectivity index (χ0n) is 16.1. The second-order valence-electron chi connectivity index (χ2n) is 7.80. The van der Waals surface area contributed by atoms with Crippen LogP contribution < -0.4 is 11.1 Å². The molecule has 2 aliphatic heterocycles. The van der Waals surface area contributed by atoms with E-state index in [1.807, 2.05) is 6.92 Å². The van der Waals surface area contributed by atoms with Crippen LogP contribution in [0.3, 0.4) is 0 Å². The van der Waals surface area contributed by atoms with Crippen molar-refractivity contribution < 1.29 is 18.0 Å². The van der Waals surface area contributed by atoms with Gasteiger partial charge in [0.25, 0.3) is 5.91 Å². The third kappa shape index (κ3) is 3.65. The molecule has 3 rings (SSSR count). The van der Waals surface area contributed by atoms with Crippen LogP contribution >= 0.6 is 22.9 Å². The number of hydrogen-bond donors (Lipinski definition) is 2. The Morgan fingerprint density at radius 1 is 1.46 bits per heavy atom. The van der Waals surface area contributed by atoms with Crippen LogP contribution in [-0.2, 0) is 20.2 Å². The first-order chi connectivity index (χ1) is 12.9. The Kier molecular flexibility index (Phi) is 5.26. The number of amides is 1. The van der Waals surface area contributed by atoms with Crippen molar-refractivity contribution >= 4 is 50.2 Å². The van der Waals surface area contributed by atoms with E-state index in [-0.39, 0.29) is 23.6 Å². The van der Waals surface area contributed by atoms with Gasteiger partial charge in [-0.2, -0.15) is 0 Å². The van der Waals surface area contributed by atoms with E-state index in [9.17, 15) is 13.2 Å². The lowest BCUT2D eigenvalue weighted by Gasteiger charge is -2.37. The van der Waals surface area contributed by atoms with E-state index in [0.29, 0.717) is 27.7 Å². The van der Waals surface area contributed by atoms with Crippen LogP contribution in [0.5, 0.6) is 0 Å². The number of nitrogens with two attached hydrogens (primary N) is 1. The van der Waals surface area contributed by atoms with Gasteiger partial charge >= 0.3 is 0 Å². The minimum Gasteiger partial charge on any atom is -0.390 e. The van der Waals surface area contributed by atoms with Gasteiger partial charge in [0.1, 0.15) is 22.2 Å². The van der Waals surface area contributed by atoms with Crippen molar-refractivity contribution in [2.75, 3.05) is 12.3 Å². The SMILES string of the molecule is CC1=NOC(CNC(=O)c2cc(Cl)c(C3(C)CS(=O)(=O)C(C)(C)C(N)=N3)s2)C1. The van der Waals surface area contributed by atoms with Gasteiger partial charge in [-0.05, 0) is 33.8 Å². The molecule has 2 atom stereocenters. The Balaban J connectivity index is 1.82. The molecule has 1 amide bonds. The maximum atomic E-state index is 12.7. The molecule has 1 aromatic rings. The molecule has 154 valence electrons. The zero-order valence-corrected chi connectivity index (χ0v) is 18.5. The Labute approximate surface area is 173 Å². The zero-order chi connectivity index (χ0) is 20.9. The molecule has 0 spiro atoms. The van der Waals surface area contributed by atoms with Crippen molar-refractivity contribution in [1.82, 2.24) is 5.32 Å².